The van der Waals surface area contributed by atoms with Crippen LogP contribution in [0.25, 0.3) is 0 Å². The van der Waals surface area contributed by atoms with E-state index in [-0.39, 0.29) is 31.4 Å². The molecule has 0 radical (unpaired) electrons. The second-order valence-corrected chi connectivity index (χ2v) is 5.70. The summed E-state index contributed by atoms with van der Waals surface area (Å²) in [6, 6.07) is 0. The molecule has 0 aromatic carbocycles. The molecule has 0 spiro atoms. The first-order valence-corrected chi connectivity index (χ1v) is 7.38. The number of ether oxygens (including phenoxy) is 2. The van der Waals surface area contributed by atoms with E-state index in [1.807, 2.05) is 13.8 Å². The summed E-state index contributed by atoms with van der Waals surface area (Å²) in [5, 5.41) is 12.5. The minimum Gasteiger partial charge on any atom is -0.507 e. The number of amides is 1. The molecule has 2 rings (SSSR count). The molecule has 0 atom stereocenters. The van der Waals surface area contributed by atoms with Gasteiger partial charge in [0.15, 0.2) is 0 Å². The van der Waals surface area contributed by atoms with Crippen molar-refractivity contribution in [2.75, 3.05) is 19.8 Å². The molecule has 0 fully saturated rings. The Morgan fingerprint density at radius 1 is 1.43 bits per heavy atom. The summed E-state index contributed by atoms with van der Waals surface area (Å²) in [6.45, 7) is 4.24. The van der Waals surface area contributed by atoms with Crippen LogP contribution in [-0.2, 0) is 27.3 Å². The van der Waals surface area contributed by atoms with E-state index in [0.29, 0.717) is 24.3 Å². The average molecular weight is 324 g/mol. The van der Waals surface area contributed by atoms with Crippen molar-refractivity contribution in [3.8, 4) is 5.75 Å². The van der Waals surface area contributed by atoms with Gasteiger partial charge in [-0.15, -0.1) is 0 Å². The Hall–Kier alpha value is -2.35. The third-order valence-electron chi connectivity index (χ3n) is 3.32. The molecule has 8 heteroatoms. The minimum absolute atomic E-state index is 0.182. The Labute approximate surface area is 132 Å². The number of hydrogen-bond acceptors (Lipinski definition) is 6. The molecule has 3 N–H and O–H groups in total. The highest BCUT2D eigenvalue weighted by Gasteiger charge is 2.24. The second-order valence-electron chi connectivity index (χ2n) is 5.70. The van der Waals surface area contributed by atoms with Crippen LogP contribution in [0.15, 0.2) is 4.79 Å². The van der Waals surface area contributed by atoms with E-state index >= 15 is 0 Å². The van der Waals surface area contributed by atoms with E-state index in [4.69, 9.17) is 9.47 Å². The van der Waals surface area contributed by atoms with Crippen LogP contribution in [0, 0.1) is 5.92 Å². The van der Waals surface area contributed by atoms with Gasteiger partial charge in [-0.25, -0.2) is 0 Å². The van der Waals surface area contributed by atoms with E-state index in [2.05, 4.69) is 10.3 Å². The van der Waals surface area contributed by atoms with Gasteiger partial charge in [0.05, 0.1) is 25.5 Å². The average Bonchev–Trinajstić information content (AvgIpc) is 2.51. The maximum Gasteiger partial charge on any atom is 0.325 e. The Morgan fingerprint density at radius 2 is 2.17 bits per heavy atom. The van der Waals surface area contributed by atoms with Crippen LogP contribution >= 0.6 is 0 Å². The number of carbonyl (C=O) groups excluding carboxylic acids is 2. The molecule has 0 saturated heterocycles. The standard InChI is InChI=1S/C15H20N2O6/c1-8(2)6-23-11(18)5-16-14(20)12-13(19)9-3-4-22-7-10(9)17-15(12)21/h8H,3-7H2,1-2H3,(H,16,20)(H2,17,19,21). The zero-order chi connectivity index (χ0) is 17.0. The lowest BCUT2D eigenvalue weighted by Gasteiger charge is -2.18. The highest BCUT2D eigenvalue weighted by Crippen LogP contribution is 2.25. The van der Waals surface area contributed by atoms with Crippen LogP contribution in [0.4, 0.5) is 0 Å². The topological polar surface area (TPSA) is 118 Å². The van der Waals surface area contributed by atoms with Crippen molar-refractivity contribution in [2.45, 2.75) is 26.9 Å². The fraction of sp³-hybridized carbons (Fsp3) is 0.533. The number of nitrogens with one attached hydrogen (secondary N) is 2. The molecular weight excluding hydrogens is 304 g/mol. The Morgan fingerprint density at radius 3 is 2.87 bits per heavy atom. The van der Waals surface area contributed by atoms with Gasteiger partial charge < -0.3 is 24.9 Å². The van der Waals surface area contributed by atoms with Gasteiger partial charge in [0.1, 0.15) is 17.9 Å². The van der Waals surface area contributed by atoms with Gasteiger partial charge in [-0.3, -0.25) is 14.4 Å². The second kappa shape index (κ2) is 7.28. The minimum atomic E-state index is -0.820. The van der Waals surface area contributed by atoms with Gasteiger partial charge >= 0.3 is 5.97 Å². The van der Waals surface area contributed by atoms with Crippen molar-refractivity contribution < 1.29 is 24.2 Å². The van der Waals surface area contributed by atoms with Gasteiger partial charge in [-0.1, -0.05) is 13.8 Å². The molecule has 2 heterocycles. The van der Waals surface area contributed by atoms with Crippen LogP contribution in [0.5, 0.6) is 5.75 Å². The van der Waals surface area contributed by atoms with Crippen LogP contribution in [0.1, 0.15) is 35.5 Å². The molecule has 0 unspecified atom stereocenters. The van der Waals surface area contributed by atoms with Crippen molar-refractivity contribution in [1.29, 1.82) is 0 Å². The first-order valence-electron chi connectivity index (χ1n) is 7.38. The monoisotopic (exact) mass is 324 g/mol. The number of H-pyrrole nitrogens is 1. The van der Waals surface area contributed by atoms with Gasteiger partial charge in [-0.2, -0.15) is 0 Å². The summed E-state index contributed by atoms with van der Waals surface area (Å²) < 4.78 is 10.1. The number of aromatic amines is 1. The van der Waals surface area contributed by atoms with Gasteiger partial charge in [0.25, 0.3) is 11.5 Å². The van der Waals surface area contributed by atoms with Crippen molar-refractivity contribution >= 4 is 11.9 Å². The molecule has 126 valence electrons. The third kappa shape index (κ3) is 4.10. The van der Waals surface area contributed by atoms with Crippen molar-refractivity contribution in [3.63, 3.8) is 0 Å². The molecule has 8 nitrogen and oxygen atoms in total. The van der Waals surface area contributed by atoms with Gasteiger partial charge in [-0.05, 0) is 5.92 Å². The molecule has 1 aromatic heterocycles. The number of hydrogen-bond donors (Lipinski definition) is 3. The van der Waals surface area contributed by atoms with Crippen LogP contribution < -0.4 is 10.9 Å². The molecule has 1 aromatic rings. The van der Waals surface area contributed by atoms with Crippen LogP contribution in [-0.4, -0.2) is 41.7 Å². The number of pyridine rings is 1. The lowest BCUT2D eigenvalue weighted by molar-refractivity contribution is -0.143. The van der Waals surface area contributed by atoms with E-state index in [1.54, 1.807) is 0 Å². The molecular formula is C15H20N2O6. The maximum atomic E-state index is 12.1. The molecule has 1 aliphatic rings. The summed E-state index contributed by atoms with van der Waals surface area (Å²) in [4.78, 5) is 38.1. The maximum absolute atomic E-state index is 12.1. The fourth-order valence-corrected chi connectivity index (χ4v) is 2.18. The van der Waals surface area contributed by atoms with Crippen molar-refractivity contribution in [1.82, 2.24) is 10.3 Å². The number of carbonyl (C=O) groups is 2. The zero-order valence-corrected chi connectivity index (χ0v) is 13.1. The number of esters is 1. The van der Waals surface area contributed by atoms with Crippen molar-refractivity contribution in [2.24, 2.45) is 5.92 Å². The number of aromatic nitrogens is 1. The van der Waals surface area contributed by atoms with E-state index in [0.717, 1.165) is 0 Å². The highest BCUT2D eigenvalue weighted by molar-refractivity contribution is 5.98. The van der Waals surface area contributed by atoms with E-state index < -0.39 is 23.0 Å². The quantitative estimate of drug-likeness (QED) is 0.660. The van der Waals surface area contributed by atoms with Crippen LogP contribution in [0.3, 0.4) is 0 Å². The molecule has 0 bridgehead atoms. The summed E-state index contributed by atoms with van der Waals surface area (Å²) in [7, 11) is 0. The smallest absolute Gasteiger partial charge is 0.325 e. The molecule has 1 aliphatic heterocycles. The molecule has 23 heavy (non-hydrogen) atoms. The number of rotatable bonds is 5. The fourth-order valence-electron chi connectivity index (χ4n) is 2.18. The van der Waals surface area contributed by atoms with Crippen molar-refractivity contribution in [3.05, 3.63) is 27.2 Å². The first kappa shape index (κ1) is 17.0. The molecule has 0 saturated carbocycles. The third-order valence-corrected chi connectivity index (χ3v) is 3.32. The van der Waals surface area contributed by atoms with Gasteiger partial charge in [0.2, 0.25) is 0 Å². The Balaban J connectivity index is 2.08. The zero-order valence-electron chi connectivity index (χ0n) is 13.1. The molecule has 1 amide bonds. The Bertz CT molecular complexity index is 665. The summed E-state index contributed by atoms with van der Waals surface area (Å²) >= 11 is 0. The predicted octanol–water partition coefficient (Wildman–Crippen LogP) is 0.0822. The van der Waals surface area contributed by atoms with Crippen LogP contribution in [0.2, 0.25) is 0 Å². The van der Waals surface area contributed by atoms with E-state index in [1.165, 1.54) is 0 Å². The Kier molecular flexibility index (Phi) is 5.38. The summed E-state index contributed by atoms with van der Waals surface area (Å²) in [5.74, 6) is -1.60. The summed E-state index contributed by atoms with van der Waals surface area (Å²) in [5.41, 5.74) is -0.169. The normalized spacial score (nSPS) is 13.5. The largest absolute Gasteiger partial charge is 0.507 e. The lowest BCUT2D eigenvalue weighted by atomic mass is 10.0. The highest BCUT2D eigenvalue weighted by atomic mass is 16.5. The lowest BCUT2D eigenvalue weighted by Crippen LogP contribution is -2.35. The van der Waals surface area contributed by atoms with Gasteiger partial charge in [0, 0.05) is 12.0 Å². The van der Waals surface area contributed by atoms with E-state index in [9.17, 15) is 19.5 Å². The summed E-state index contributed by atoms with van der Waals surface area (Å²) in [6.07, 6.45) is 0.397. The predicted molar refractivity (Wildman–Crippen MR) is 80.2 cm³/mol. The first-order chi connectivity index (χ1) is 10.9. The number of aromatic hydroxyl groups is 1. The number of fused-ring (bicyclic) bond motifs is 1. The SMILES string of the molecule is CC(C)COC(=O)CNC(=O)c1c(O)c2c([nH]c1=O)COCC2. The molecule has 0 aliphatic carbocycles.